The number of alkyl halides is 1. The fraction of sp³-hybridized carbons (Fsp3) is 0.400. The van der Waals surface area contributed by atoms with Crippen LogP contribution in [0.25, 0.3) is 0 Å². The van der Waals surface area contributed by atoms with Crippen molar-refractivity contribution in [3.63, 3.8) is 0 Å². The van der Waals surface area contributed by atoms with Gasteiger partial charge < -0.3 is 4.74 Å². The molecule has 0 bridgehead atoms. The molecular weight excluding hydrogens is 207 g/mol. The van der Waals surface area contributed by atoms with Crippen LogP contribution in [0.2, 0.25) is 5.02 Å². The number of benzene rings is 1. The van der Waals surface area contributed by atoms with Gasteiger partial charge in [0.15, 0.2) is 0 Å². The fourth-order valence-corrected chi connectivity index (χ4v) is 1.03. The van der Waals surface area contributed by atoms with Gasteiger partial charge in [-0.1, -0.05) is 11.6 Å². The molecule has 0 aliphatic rings. The molecule has 0 aromatic heterocycles. The van der Waals surface area contributed by atoms with Crippen molar-refractivity contribution in [2.75, 3.05) is 5.88 Å². The zero-order chi connectivity index (χ0) is 9.90. The van der Waals surface area contributed by atoms with Crippen molar-refractivity contribution < 1.29 is 4.74 Å². The normalized spacial score (nSPS) is 11.4. The van der Waals surface area contributed by atoms with Crippen LogP contribution in [0, 0.1) is 0 Å². The predicted octanol–water partition coefficient (Wildman–Crippen LogP) is 3.74. The fourth-order valence-electron chi connectivity index (χ4n) is 0.849. The average molecular weight is 219 g/mol. The molecule has 1 rings (SSSR count). The Morgan fingerprint density at radius 3 is 2.23 bits per heavy atom. The molecule has 0 unspecified atom stereocenters. The molecule has 0 radical (unpaired) electrons. The lowest BCUT2D eigenvalue weighted by molar-refractivity contribution is 0.134. The second-order valence-corrected chi connectivity index (χ2v) is 4.15. The molecular formula is C10H12Cl2O. The van der Waals surface area contributed by atoms with E-state index >= 15 is 0 Å². The van der Waals surface area contributed by atoms with Crippen LogP contribution in [0.15, 0.2) is 24.3 Å². The largest absolute Gasteiger partial charge is 0.487 e. The Kier molecular flexibility index (Phi) is 3.46. The van der Waals surface area contributed by atoms with Crippen LogP contribution in [-0.4, -0.2) is 11.5 Å². The smallest absolute Gasteiger partial charge is 0.120 e. The summed E-state index contributed by atoms with van der Waals surface area (Å²) in [7, 11) is 0. The van der Waals surface area contributed by atoms with Crippen molar-refractivity contribution >= 4 is 23.2 Å². The maximum atomic E-state index is 5.74. The van der Waals surface area contributed by atoms with E-state index in [0.29, 0.717) is 10.9 Å². The Balaban J connectivity index is 2.69. The monoisotopic (exact) mass is 218 g/mol. The zero-order valence-corrected chi connectivity index (χ0v) is 9.19. The van der Waals surface area contributed by atoms with E-state index in [-0.39, 0.29) is 5.60 Å². The highest BCUT2D eigenvalue weighted by Gasteiger charge is 2.17. The van der Waals surface area contributed by atoms with E-state index in [0.717, 1.165) is 5.75 Å². The number of hydrogen-bond acceptors (Lipinski definition) is 1. The third-order valence-electron chi connectivity index (χ3n) is 1.53. The summed E-state index contributed by atoms with van der Waals surface area (Å²) in [6.07, 6.45) is 0. The van der Waals surface area contributed by atoms with Gasteiger partial charge in [-0.3, -0.25) is 0 Å². The van der Waals surface area contributed by atoms with Crippen molar-refractivity contribution in [2.24, 2.45) is 0 Å². The zero-order valence-electron chi connectivity index (χ0n) is 7.68. The summed E-state index contributed by atoms with van der Waals surface area (Å²) in [6.45, 7) is 3.88. The van der Waals surface area contributed by atoms with Gasteiger partial charge in [0.1, 0.15) is 11.4 Å². The van der Waals surface area contributed by atoms with Crippen molar-refractivity contribution in [3.05, 3.63) is 29.3 Å². The summed E-state index contributed by atoms with van der Waals surface area (Å²) in [6, 6.07) is 7.25. The lowest BCUT2D eigenvalue weighted by Crippen LogP contribution is -2.29. The summed E-state index contributed by atoms with van der Waals surface area (Å²) in [5.41, 5.74) is -0.338. The van der Waals surface area contributed by atoms with E-state index in [9.17, 15) is 0 Å². The SMILES string of the molecule is CC(C)(CCl)Oc1ccc(Cl)cc1. The van der Waals surface area contributed by atoms with Crippen molar-refractivity contribution in [1.29, 1.82) is 0 Å². The van der Waals surface area contributed by atoms with Crippen molar-refractivity contribution in [2.45, 2.75) is 19.4 Å². The second-order valence-electron chi connectivity index (χ2n) is 3.45. The molecule has 72 valence electrons. The molecule has 1 aromatic carbocycles. The van der Waals surface area contributed by atoms with Gasteiger partial charge in [0, 0.05) is 5.02 Å². The van der Waals surface area contributed by atoms with Gasteiger partial charge in [0.2, 0.25) is 0 Å². The summed E-state index contributed by atoms with van der Waals surface area (Å²) in [5, 5.41) is 0.705. The Labute approximate surface area is 88.6 Å². The molecule has 0 spiro atoms. The summed E-state index contributed by atoms with van der Waals surface area (Å²) in [4.78, 5) is 0. The third kappa shape index (κ3) is 3.45. The molecule has 0 amide bonds. The van der Waals surface area contributed by atoms with Crippen LogP contribution >= 0.6 is 23.2 Å². The number of halogens is 2. The maximum Gasteiger partial charge on any atom is 0.120 e. The van der Waals surface area contributed by atoms with Gasteiger partial charge in [-0.05, 0) is 38.1 Å². The van der Waals surface area contributed by atoms with Gasteiger partial charge >= 0.3 is 0 Å². The molecule has 0 atom stereocenters. The minimum atomic E-state index is -0.338. The van der Waals surface area contributed by atoms with E-state index in [2.05, 4.69) is 0 Å². The van der Waals surface area contributed by atoms with Crippen LogP contribution in [-0.2, 0) is 0 Å². The highest BCUT2D eigenvalue weighted by molar-refractivity contribution is 6.30. The minimum absolute atomic E-state index is 0.338. The Bertz CT molecular complexity index is 267. The van der Waals surface area contributed by atoms with E-state index in [1.54, 1.807) is 12.1 Å². The van der Waals surface area contributed by atoms with Gasteiger partial charge in [0.25, 0.3) is 0 Å². The van der Waals surface area contributed by atoms with Crippen molar-refractivity contribution in [3.8, 4) is 5.75 Å². The second kappa shape index (κ2) is 4.21. The van der Waals surface area contributed by atoms with E-state index in [4.69, 9.17) is 27.9 Å². The Morgan fingerprint density at radius 1 is 1.23 bits per heavy atom. The number of rotatable bonds is 3. The van der Waals surface area contributed by atoms with Crippen LogP contribution in [0.5, 0.6) is 5.75 Å². The Morgan fingerprint density at radius 2 is 1.77 bits per heavy atom. The first-order valence-electron chi connectivity index (χ1n) is 4.04. The lowest BCUT2D eigenvalue weighted by Gasteiger charge is -2.23. The van der Waals surface area contributed by atoms with Gasteiger partial charge in [-0.25, -0.2) is 0 Å². The molecule has 3 heteroatoms. The van der Waals surface area contributed by atoms with Crippen molar-refractivity contribution in [1.82, 2.24) is 0 Å². The number of ether oxygens (including phenoxy) is 1. The molecule has 13 heavy (non-hydrogen) atoms. The molecule has 0 aliphatic carbocycles. The molecule has 0 fully saturated rings. The minimum Gasteiger partial charge on any atom is -0.487 e. The van der Waals surface area contributed by atoms with Crippen LogP contribution < -0.4 is 4.74 Å². The first kappa shape index (κ1) is 10.7. The summed E-state index contributed by atoms with van der Waals surface area (Å²) < 4.78 is 5.62. The van der Waals surface area contributed by atoms with Crippen LogP contribution in [0.3, 0.4) is 0 Å². The van der Waals surface area contributed by atoms with E-state index < -0.39 is 0 Å². The predicted molar refractivity (Wildman–Crippen MR) is 56.9 cm³/mol. The molecule has 0 heterocycles. The first-order valence-corrected chi connectivity index (χ1v) is 4.95. The average Bonchev–Trinajstić information content (AvgIpc) is 2.09. The molecule has 0 aliphatic heterocycles. The van der Waals surface area contributed by atoms with Gasteiger partial charge in [-0.2, -0.15) is 0 Å². The molecule has 1 nitrogen and oxygen atoms in total. The van der Waals surface area contributed by atoms with Gasteiger partial charge in [-0.15, -0.1) is 11.6 Å². The topological polar surface area (TPSA) is 9.23 Å². The molecule has 0 saturated carbocycles. The number of hydrogen-bond donors (Lipinski definition) is 0. The molecule has 0 N–H and O–H groups in total. The molecule has 0 saturated heterocycles. The quantitative estimate of drug-likeness (QED) is 0.703. The maximum absolute atomic E-state index is 5.74. The van der Waals surface area contributed by atoms with Gasteiger partial charge in [0.05, 0.1) is 5.88 Å². The van der Waals surface area contributed by atoms with Crippen LogP contribution in [0.4, 0.5) is 0 Å². The summed E-state index contributed by atoms with van der Waals surface area (Å²) >= 11 is 11.5. The van der Waals surface area contributed by atoms with E-state index in [1.807, 2.05) is 26.0 Å². The van der Waals surface area contributed by atoms with Crippen LogP contribution in [0.1, 0.15) is 13.8 Å². The van der Waals surface area contributed by atoms with E-state index in [1.165, 1.54) is 0 Å². The molecule has 1 aromatic rings. The Hall–Kier alpha value is -0.400. The third-order valence-corrected chi connectivity index (χ3v) is 2.43. The highest BCUT2D eigenvalue weighted by Crippen LogP contribution is 2.21. The highest BCUT2D eigenvalue weighted by atomic mass is 35.5. The lowest BCUT2D eigenvalue weighted by atomic mass is 10.2. The summed E-state index contributed by atoms with van der Waals surface area (Å²) in [5.74, 6) is 1.24. The first-order chi connectivity index (χ1) is 6.03. The standard InChI is InChI=1S/C10H12Cl2O/c1-10(2,7-11)13-9-5-3-8(12)4-6-9/h3-6H,7H2,1-2H3.